The monoisotopic (exact) mass is 296 g/mol. The fraction of sp³-hybridized carbons (Fsp3) is 0.231. The molecule has 6 heteroatoms. The van der Waals surface area contributed by atoms with E-state index < -0.39 is 10.0 Å². The summed E-state index contributed by atoms with van der Waals surface area (Å²) in [4.78, 5) is 1.50. The molecule has 0 bridgehead atoms. The summed E-state index contributed by atoms with van der Waals surface area (Å²) in [6, 6.07) is 11.0. The van der Waals surface area contributed by atoms with Crippen LogP contribution in [0.5, 0.6) is 0 Å². The number of nitrogens with two attached hydrogens (primary N) is 1. The largest absolute Gasteiger partial charge is 0.329 e. The van der Waals surface area contributed by atoms with E-state index in [2.05, 4.69) is 4.72 Å². The zero-order valence-corrected chi connectivity index (χ0v) is 12.0. The van der Waals surface area contributed by atoms with Crippen molar-refractivity contribution in [3.05, 3.63) is 52.2 Å². The number of nitrogens with one attached hydrogen (secondary N) is 1. The standard InChI is InChI=1S/C13H16N2O2S2/c14-6-7-15-19(16,17)13-5-1-3-11(10-13)9-12-4-2-8-18-12/h1-5,8,10,15H,6-7,9,14H2. The van der Waals surface area contributed by atoms with Gasteiger partial charge in [0.15, 0.2) is 0 Å². The van der Waals surface area contributed by atoms with Crippen molar-refractivity contribution in [1.29, 1.82) is 0 Å². The maximum absolute atomic E-state index is 12.0. The molecule has 0 radical (unpaired) electrons. The van der Waals surface area contributed by atoms with Gasteiger partial charge in [0.1, 0.15) is 0 Å². The lowest BCUT2D eigenvalue weighted by Gasteiger charge is -2.07. The highest BCUT2D eigenvalue weighted by Gasteiger charge is 2.13. The summed E-state index contributed by atoms with van der Waals surface area (Å²) in [5, 5.41) is 2.01. The summed E-state index contributed by atoms with van der Waals surface area (Å²) in [6.45, 7) is 0.533. The quantitative estimate of drug-likeness (QED) is 0.850. The van der Waals surface area contributed by atoms with E-state index in [4.69, 9.17) is 5.73 Å². The average molecular weight is 296 g/mol. The van der Waals surface area contributed by atoms with Gasteiger partial charge in [-0.05, 0) is 29.1 Å². The zero-order chi connectivity index (χ0) is 13.7. The van der Waals surface area contributed by atoms with Crippen molar-refractivity contribution < 1.29 is 8.42 Å². The molecule has 1 aromatic carbocycles. The van der Waals surface area contributed by atoms with Gasteiger partial charge in [0, 0.05) is 24.4 Å². The van der Waals surface area contributed by atoms with Crippen LogP contribution >= 0.6 is 11.3 Å². The average Bonchev–Trinajstić information content (AvgIpc) is 2.90. The Hall–Kier alpha value is -1.21. The lowest BCUT2D eigenvalue weighted by molar-refractivity contribution is 0.582. The Morgan fingerprint density at radius 3 is 2.74 bits per heavy atom. The second-order valence-corrected chi connectivity index (χ2v) is 6.89. The molecular formula is C13H16N2O2S2. The van der Waals surface area contributed by atoms with Crippen molar-refractivity contribution in [1.82, 2.24) is 4.72 Å². The van der Waals surface area contributed by atoms with E-state index in [-0.39, 0.29) is 18.0 Å². The van der Waals surface area contributed by atoms with Crippen LogP contribution in [0.2, 0.25) is 0 Å². The Bertz CT molecular complexity index is 622. The second kappa shape index (κ2) is 6.29. The zero-order valence-electron chi connectivity index (χ0n) is 10.4. The molecule has 0 spiro atoms. The first-order valence-corrected chi connectivity index (χ1v) is 8.29. The summed E-state index contributed by atoms with van der Waals surface area (Å²) in [5.74, 6) is 0. The first kappa shape index (κ1) is 14.2. The maximum atomic E-state index is 12.0. The SMILES string of the molecule is NCCNS(=O)(=O)c1cccc(Cc2cccs2)c1. The van der Waals surface area contributed by atoms with Crippen molar-refractivity contribution in [3.63, 3.8) is 0 Å². The number of hydrogen-bond acceptors (Lipinski definition) is 4. The molecule has 19 heavy (non-hydrogen) atoms. The fourth-order valence-electron chi connectivity index (χ4n) is 1.71. The normalized spacial score (nSPS) is 11.6. The first-order valence-electron chi connectivity index (χ1n) is 5.93. The number of rotatable bonds is 6. The molecule has 0 aliphatic rings. The molecule has 0 fully saturated rings. The van der Waals surface area contributed by atoms with Crippen LogP contribution in [0.25, 0.3) is 0 Å². The van der Waals surface area contributed by atoms with Crippen LogP contribution in [0.4, 0.5) is 0 Å². The number of hydrogen-bond donors (Lipinski definition) is 2. The van der Waals surface area contributed by atoms with E-state index in [1.807, 2.05) is 23.6 Å². The number of sulfonamides is 1. The third-order valence-corrected chi connectivity index (χ3v) is 4.94. The molecular weight excluding hydrogens is 280 g/mol. The smallest absolute Gasteiger partial charge is 0.240 e. The van der Waals surface area contributed by atoms with E-state index in [9.17, 15) is 8.42 Å². The van der Waals surface area contributed by atoms with Gasteiger partial charge in [0.2, 0.25) is 10.0 Å². The van der Waals surface area contributed by atoms with Gasteiger partial charge < -0.3 is 5.73 Å². The lowest BCUT2D eigenvalue weighted by Crippen LogP contribution is -2.29. The van der Waals surface area contributed by atoms with E-state index in [1.165, 1.54) is 4.88 Å². The molecule has 102 valence electrons. The third kappa shape index (κ3) is 3.87. The van der Waals surface area contributed by atoms with Gasteiger partial charge in [0.25, 0.3) is 0 Å². The molecule has 2 aromatic rings. The topological polar surface area (TPSA) is 72.2 Å². The molecule has 3 N–H and O–H groups in total. The molecule has 0 unspecified atom stereocenters. The van der Waals surface area contributed by atoms with Crippen LogP contribution in [0.3, 0.4) is 0 Å². The van der Waals surface area contributed by atoms with E-state index in [1.54, 1.807) is 29.5 Å². The molecule has 0 saturated heterocycles. The van der Waals surface area contributed by atoms with Gasteiger partial charge in [-0.25, -0.2) is 13.1 Å². The minimum atomic E-state index is -3.45. The summed E-state index contributed by atoms with van der Waals surface area (Å²) in [6.07, 6.45) is 0.748. The third-order valence-electron chi connectivity index (χ3n) is 2.60. The lowest BCUT2D eigenvalue weighted by atomic mass is 10.1. The maximum Gasteiger partial charge on any atom is 0.240 e. The molecule has 1 heterocycles. The van der Waals surface area contributed by atoms with Crippen LogP contribution in [0.15, 0.2) is 46.7 Å². The van der Waals surface area contributed by atoms with Gasteiger partial charge in [-0.2, -0.15) is 0 Å². The predicted octanol–water partition coefficient (Wildman–Crippen LogP) is 1.58. The molecule has 0 aliphatic carbocycles. The van der Waals surface area contributed by atoms with Crippen molar-refractivity contribution >= 4 is 21.4 Å². The molecule has 0 atom stereocenters. The van der Waals surface area contributed by atoms with Gasteiger partial charge in [-0.1, -0.05) is 18.2 Å². The summed E-state index contributed by atoms with van der Waals surface area (Å²) < 4.78 is 26.4. The second-order valence-electron chi connectivity index (χ2n) is 4.09. The Balaban J connectivity index is 2.19. The van der Waals surface area contributed by atoms with E-state index >= 15 is 0 Å². The summed E-state index contributed by atoms with van der Waals surface area (Å²) in [7, 11) is -3.45. The minimum Gasteiger partial charge on any atom is -0.329 e. The molecule has 0 amide bonds. The molecule has 1 aromatic heterocycles. The fourth-order valence-corrected chi connectivity index (χ4v) is 3.57. The summed E-state index contributed by atoms with van der Waals surface area (Å²) in [5.41, 5.74) is 6.29. The highest BCUT2D eigenvalue weighted by atomic mass is 32.2. The molecule has 2 rings (SSSR count). The van der Waals surface area contributed by atoms with Crippen molar-refractivity contribution in [2.75, 3.05) is 13.1 Å². The number of thiophene rings is 1. The van der Waals surface area contributed by atoms with Crippen LogP contribution in [0, 0.1) is 0 Å². The predicted molar refractivity (Wildman–Crippen MR) is 77.8 cm³/mol. The van der Waals surface area contributed by atoms with Crippen LogP contribution in [-0.2, 0) is 16.4 Å². The van der Waals surface area contributed by atoms with Gasteiger partial charge in [-0.15, -0.1) is 11.3 Å². The van der Waals surface area contributed by atoms with E-state index in [0.717, 1.165) is 12.0 Å². The van der Waals surface area contributed by atoms with Gasteiger partial charge in [-0.3, -0.25) is 0 Å². The Labute approximate surface area is 117 Å². The van der Waals surface area contributed by atoms with Crippen LogP contribution in [-0.4, -0.2) is 21.5 Å². The highest BCUT2D eigenvalue weighted by molar-refractivity contribution is 7.89. The molecule has 0 saturated carbocycles. The molecule has 0 aliphatic heterocycles. The highest BCUT2D eigenvalue weighted by Crippen LogP contribution is 2.17. The summed E-state index contributed by atoms with van der Waals surface area (Å²) >= 11 is 1.66. The van der Waals surface area contributed by atoms with Crippen molar-refractivity contribution in [2.45, 2.75) is 11.3 Å². The molecule has 4 nitrogen and oxygen atoms in total. The van der Waals surface area contributed by atoms with Crippen molar-refractivity contribution in [2.24, 2.45) is 5.73 Å². The van der Waals surface area contributed by atoms with Crippen molar-refractivity contribution in [3.8, 4) is 0 Å². The Kier molecular flexibility index (Phi) is 4.71. The van der Waals surface area contributed by atoms with Crippen LogP contribution < -0.4 is 10.5 Å². The van der Waals surface area contributed by atoms with E-state index in [0.29, 0.717) is 0 Å². The first-order chi connectivity index (χ1) is 9.12. The Morgan fingerprint density at radius 2 is 2.05 bits per heavy atom. The van der Waals surface area contributed by atoms with Gasteiger partial charge >= 0.3 is 0 Å². The Morgan fingerprint density at radius 1 is 1.21 bits per heavy atom. The van der Waals surface area contributed by atoms with Gasteiger partial charge in [0.05, 0.1) is 4.90 Å². The minimum absolute atomic E-state index is 0.248. The number of benzene rings is 1. The van der Waals surface area contributed by atoms with Crippen LogP contribution in [0.1, 0.15) is 10.4 Å².